The van der Waals surface area contributed by atoms with E-state index in [0.717, 1.165) is 18.5 Å². The molecule has 4 nitrogen and oxygen atoms in total. The molecule has 1 aliphatic heterocycles. The molecule has 22 heavy (non-hydrogen) atoms. The fraction of sp³-hybridized carbons (Fsp3) is 0.500. The first kappa shape index (κ1) is 15.3. The van der Waals surface area contributed by atoms with Crippen LogP contribution in [-0.4, -0.2) is 32.2 Å². The van der Waals surface area contributed by atoms with E-state index in [1.165, 1.54) is 0 Å². The van der Waals surface area contributed by atoms with Crippen LogP contribution in [0.25, 0.3) is 0 Å². The summed E-state index contributed by atoms with van der Waals surface area (Å²) in [6.45, 7) is 4.51. The molecule has 1 aromatic carbocycles. The summed E-state index contributed by atoms with van der Waals surface area (Å²) in [6.07, 6.45) is 3.62. The van der Waals surface area contributed by atoms with Crippen LogP contribution in [0.2, 0.25) is 0 Å². The van der Waals surface area contributed by atoms with Gasteiger partial charge in [0.2, 0.25) is 0 Å². The standard InChI is InChI=1S/C18H23NO3/c1-18-9-10-21-11-12-22-13-14(18)7-8-16(17(18)20)19-15-5-3-2-4-6-15/h2-6,8,14,19H,7,9-13H2,1H3/t14-,18-/m0/s1. The molecule has 1 fully saturated rings. The Morgan fingerprint density at radius 1 is 1.14 bits per heavy atom. The number of ether oxygens (including phenoxy) is 2. The van der Waals surface area contributed by atoms with Crippen molar-refractivity contribution in [3.8, 4) is 0 Å². The van der Waals surface area contributed by atoms with Crippen molar-refractivity contribution in [1.82, 2.24) is 0 Å². The summed E-state index contributed by atoms with van der Waals surface area (Å²) < 4.78 is 11.2. The molecule has 0 spiro atoms. The van der Waals surface area contributed by atoms with Gasteiger partial charge in [-0.1, -0.05) is 31.2 Å². The Bertz CT molecular complexity index is 555. The van der Waals surface area contributed by atoms with Gasteiger partial charge in [0, 0.05) is 17.7 Å². The van der Waals surface area contributed by atoms with Gasteiger partial charge in [-0.2, -0.15) is 0 Å². The zero-order chi connectivity index (χ0) is 15.4. The number of allylic oxidation sites excluding steroid dienone is 2. The third kappa shape index (κ3) is 3.08. The van der Waals surface area contributed by atoms with Crippen LogP contribution in [0.4, 0.5) is 5.69 Å². The number of ketones is 1. The molecule has 0 aromatic heterocycles. The van der Waals surface area contributed by atoms with E-state index in [4.69, 9.17) is 9.47 Å². The highest BCUT2D eigenvalue weighted by Gasteiger charge is 2.44. The van der Waals surface area contributed by atoms with Gasteiger partial charge in [-0.05, 0) is 30.9 Å². The van der Waals surface area contributed by atoms with Crippen LogP contribution in [0.5, 0.6) is 0 Å². The third-order valence-electron chi connectivity index (χ3n) is 4.78. The molecule has 1 heterocycles. The molecule has 0 bridgehead atoms. The lowest BCUT2D eigenvalue weighted by molar-refractivity contribution is -0.130. The summed E-state index contributed by atoms with van der Waals surface area (Å²) in [6, 6.07) is 9.83. The molecule has 0 amide bonds. The quantitative estimate of drug-likeness (QED) is 0.912. The maximum absolute atomic E-state index is 13.0. The average Bonchev–Trinajstić information content (AvgIpc) is 2.63. The molecule has 2 aliphatic rings. The Balaban J connectivity index is 1.81. The lowest BCUT2D eigenvalue weighted by Crippen LogP contribution is -2.43. The van der Waals surface area contributed by atoms with Crippen molar-refractivity contribution in [2.24, 2.45) is 11.3 Å². The van der Waals surface area contributed by atoms with Crippen LogP contribution in [0, 0.1) is 11.3 Å². The van der Waals surface area contributed by atoms with Crippen LogP contribution in [0.3, 0.4) is 0 Å². The van der Waals surface area contributed by atoms with E-state index in [9.17, 15) is 4.79 Å². The first-order valence-electron chi connectivity index (χ1n) is 7.93. The number of carbonyl (C=O) groups is 1. The maximum Gasteiger partial charge on any atom is 0.184 e. The number of rotatable bonds is 2. The molecule has 4 heteroatoms. The van der Waals surface area contributed by atoms with E-state index in [1.807, 2.05) is 36.4 Å². The van der Waals surface area contributed by atoms with E-state index in [1.54, 1.807) is 0 Å². The smallest absolute Gasteiger partial charge is 0.184 e. The number of hydrogen-bond acceptors (Lipinski definition) is 4. The molecule has 1 aromatic rings. The average molecular weight is 301 g/mol. The third-order valence-corrected chi connectivity index (χ3v) is 4.78. The second kappa shape index (κ2) is 6.63. The van der Waals surface area contributed by atoms with E-state index >= 15 is 0 Å². The number of anilines is 1. The number of para-hydroxylation sites is 1. The molecule has 118 valence electrons. The topological polar surface area (TPSA) is 47.6 Å². The molecule has 0 radical (unpaired) electrons. The Hall–Kier alpha value is -1.65. The Morgan fingerprint density at radius 2 is 1.91 bits per heavy atom. The number of benzene rings is 1. The van der Waals surface area contributed by atoms with Crippen LogP contribution in [0.15, 0.2) is 42.1 Å². The monoisotopic (exact) mass is 301 g/mol. The van der Waals surface area contributed by atoms with Gasteiger partial charge in [-0.15, -0.1) is 0 Å². The van der Waals surface area contributed by atoms with Gasteiger partial charge in [0.05, 0.1) is 25.5 Å². The summed E-state index contributed by atoms with van der Waals surface area (Å²) in [4.78, 5) is 13.0. The van der Waals surface area contributed by atoms with Crippen molar-refractivity contribution in [3.05, 3.63) is 42.1 Å². The maximum atomic E-state index is 13.0. The molecule has 1 aliphatic carbocycles. The van der Waals surface area contributed by atoms with Crippen molar-refractivity contribution in [3.63, 3.8) is 0 Å². The number of hydrogen-bond donors (Lipinski definition) is 1. The summed E-state index contributed by atoms with van der Waals surface area (Å²) in [7, 11) is 0. The second-order valence-corrected chi connectivity index (χ2v) is 6.23. The summed E-state index contributed by atoms with van der Waals surface area (Å²) >= 11 is 0. The Kier molecular flexibility index (Phi) is 4.60. The molecular weight excluding hydrogens is 278 g/mol. The number of fused-ring (bicyclic) bond motifs is 1. The van der Waals surface area contributed by atoms with Crippen LogP contribution in [0.1, 0.15) is 19.8 Å². The summed E-state index contributed by atoms with van der Waals surface area (Å²) in [5.41, 5.74) is 1.22. The minimum absolute atomic E-state index is 0.168. The zero-order valence-electron chi connectivity index (χ0n) is 13.0. The van der Waals surface area contributed by atoms with Crippen molar-refractivity contribution in [2.45, 2.75) is 19.8 Å². The summed E-state index contributed by atoms with van der Waals surface area (Å²) in [5.74, 6) is 0.393. The fourth-order valence-corrected chi connectivity index (χ4v) is 3.19. The first-order valence-corrected chi connectivity index (χ1v) is 7.93. The zero-order valence-corrected chi connectivity index (χ0v) is 13.0. The van der Waals surface area contributed by atoms with E-state index in [-0.39, 0.29) is 11.7 Å². The minimum Gasteiger partial charge on any atom is -0.379 e. The van der Waals surface area contributed by atoms with Gasteiger partial charge in [0.1, 0.15) is 0 Å². The van der Waals surface area contributed by atoms with Crippen LogP contribution in [-0.2, 0) is 14.3 Å². The van der Waals surface area contributed by atoms with Crippen molar-refractivity contribution < 1.29 is 14.3 Å². The van der Waals surface area contributed by atoms with Gasteiger partial charge in [-0.3, -0.25) is 4.79 Å². The normalized spacial score (nSPS) is 29.6. The predicted molar refractivity (Wildman–Crippen MR) is 85.6 cm³/mol. The van der Waals surface area contributed by atoms with Gasteiger partial charge in [0.15, 0.2) is 5.78 Å². The van der Waals surface area contributed by atoms with Gasteiger partial charge in [-0.25, -0.2) is 0 Å². The van der Waals surface area contributed by atoms with E-state index in [0.29, 0.717) is 32.1 Å². The van der Waals surface area contributed by atoms with Crippen molar-refractivity contribution in [1.29, 1.82) is 0 Å². The molecular formula is C18H23NO3. The molecule has 0 unspecified atom stereocenters. The van der Waals surface area contributed by atoms with Crippen molar-refractivity contribution >= 4 is 11.5 Å². The Morgan fingerprint density at radius 3 is 2.73 bits per heavy atom. The SMILES string of the molecule is C[C@]12CCOCCOC[C@@H]1CC=C(Nc1ccccc1)C2=O. The first-order chi connectivity index (χ1) is 10.7. The molecule has 2 atom stereocenters. The molecule has 1 saturated heterocycles. The van der Waals surface area contributed by atoms with Gasteiger partial charge < -0.3 is 14.8 Å². The molecule has 1 N–H and O–H groups in total. The predicted octanol–water partition coefficient (Wildman–Crippen LogP) is 3.01. The number of Topliss-reactive ketones (excluding diaryl/α,β-unsaturated/α-hetero) is 1. The lowest BCUT2D eigenvalue weighted by Gasteiger charge is -2.39. The van der Waals surface area contributed by atoms with E-state index in [2.05, 4.69) is 12.2 Å². The Labute approximate surface area is 131 Å². The van der Waals surface area contributed by atoms with E-state index < -0.39 is 5.41 Å². The number of nitrogens with one attached hydrogen (secondary N) is 1. The summed E-state index contributed by atoms with van der Waals surface area (Å²) in [5, 5.41) is 3.27. The molecule has 3 rings (SSSR count). The second-order valence-electron chi connectivity index (χ2n) is 6.23. The van der Waals surface area contributed by atoms with Crippen molar-refractivity contribution in [2.75, 3.05) is 31.7 Å². The highest BCUT2D eigenvalue weighted by atomic mass is 16.5. The van der Waals surface area contributed by atoms with Crippen LogP contribution < -0.4 is 5.32 Å². The highest BCUT2D eigenvalue weighted by molar-refractivity contribution is 6.03. The number of carbonyl (C=O) groups excluding carboxylic acids is 1. The van der Waals surface area contributed by atoms with Gasteiger partial charge >= 0.3 is 0 Å². The van der Waals surface area contributed by atoms with Crippen LogP contribution >= 0.6 is 0 Å². The minimum atomic E-state index is -0.420. The largest absolute Gasteiger partial charge is 0.379 e. The van der Waals surface area contributed by atoms with Gasteiger partial charge in [0.25, 0.3) is 0 Å². The fourth-order valence-electron chi connectivity index (χ4n) is 3.19. The molecule has 0 saturated carbocycles. The lowest BCUT2D eigenvalue weighted by atomic mass is 9.66. The highest BCUT2D eigenvalue weighted by Crippen LogP contribution is 2.41.